The van der Waals surface area contributed by atoms with Crippen LogP contribution in [0.3, 0.4) is 0 Å². The fourth-order valence-corrected chi connectivity index (χ4v) is 1.89. The van der Waals surface area contributed by atoms with Gasteiger partial charge in [0.1, 0.15) is 0 Å². The minimum Gasteiger partial charge on any atom is -0.322 e. The zero-order valence-electron chi connectivity index (χ0n) is 12.1. The molecule has 1 N–H and O–H groups in total. The third-order valence-electron chi connectivity index (χ3n) is 3.01. The molecule has 1 amide bonds. The van der Waals surface area contributed by atoms with Gasteiger partial charge in [0.25, 0.3) is 5.91 Å². The Bertz CT molecular complexity index is 685. The van der Waals surface area contributed by atoms with Crippen LogP contribution in [0, 0.1) is 6.92 Å². The molecule has 0 fully saturated rings. The zero-order chi connectivity index (χ0) is 15.2. The fraction of sp³-hybridized carbons (Fsp3) is 0.111. The Morgan fingerprint density at radius 1 is 1.00 bits per heavy atom. The van der Waals surface area contributed by atoms with Crippen molar-refractivity contribution < 1.29 is 9.59 Å². The Kier molecular flexibility index (Phi) is 4.67. The summed E-state index contributed by atoms with van der Waals surface area (Å²) in [5, 5.41) is 2.86. The SMILES string of the molecule is CC(=O)/C=C/c1ccccc1C(=O)Nc1ccc(C)cc1. The van der Waals surface area contributed by atoms with Crippen LogP contribution < -0.4 is 5.32 Å². The van der Waals surface area contributed by atoms with E-state index >= 15 is 0 Å². The molecule has 0 unspecified atom stereocenters. The highest BCUT2D eigenvalue weighted by molar-refractivity contribution is 6.07. The van der Waals surface area contributed by atoms with Crippen molar-refractivity contribution in [3.05, 3.63) is 71.3 Å². The van der Waals surface area contributed by atoms with Gasteiger partial charge in [-0.05, 0) is 43.7 Å². The quantitative estimate of drug-likeness (QED) is 0.864. The van der Waals surface area contributed by atoms with Crippen molar-refractivity contribution >= 4 is 23.5 Å². The third kappa shape index (κ3) is 4.14. The largest absolute Gasteiger partial charge is 0.322 e. The Balaban J connectivity index is 2.23. The van der Waals surface area contributed by atoms with E-state index in [4.69, 9.17) is 0 Å². The van der Waals surface area contributed by atoms with Crippen LogP contribution in [0.5, 0.6) is 0 Å². The molecule has 3 nitrogen and oxygen atoms in total. The van der Waals surface area contributed by atoms with E-state index in [1.165, 1.54) is 13.0 Å². The number of amides is 1. The number of nitrogens with one attached hydrogen (secondary N) is 1. The minimum atomic E-state index is -0.192. The predicted molar refractivity (Wildman–Crippen MR) is 85.3 cm³/mol. The molecule has 0 bridgehead atoms. The van der Waals surface area contributed by atoms with E-state index in [9.17, 15) is 9.59 Å². The number of carbonyl (C=O) groups excluding carboxylic acids is 2. The molecular weight excluding hydrogens is 262 g/mol. The molecule has 106 valence electrons. The summed E-state index contributed by atoms with van der Waals surface area (Å²) in [4.78, 5) is 23.4. The van der Waals surface area contributed by atoms with E-state index in [2.05, 4.69) is 5.32 Å². The van der Waals surface area contributed by atoms with Crippen LogP contribution in [0.25, 0.3) is 6.08 Å². The van der Waals surface area contributed by atoms with Gasteiger partial charge in [0.2, 0.25) is 0 Å². The molecule has 0 radical (unpaired) electrons. The van der Waals surface area contributed by atoms with E-state index in [0.29, 0.717) is 5.56 Å². The molecule has 0 aliphatic rings. The highest BCUT2D eigenvalue weighted by Crippen LogP contribution is 2.15. The zero-order valence-corrected chi connectivity index (χ0v) is 12.1. The van der Waals surface area contributed by atoms with Crippen LogP contribution in [0.15, 0.2) is 54.6 Å². The summed E-state index contributed by atoms with van der Waals surface area (Å²) in [7, 11) is 0. The van der Waals surface area contributed by atoms with E-state index in [1.807, 2.05) is 43.3 Å². The number of anilines is 1. The normalized spacial score (nSPS) is 10.6. The van der Waals surface area contributed by atoms with Gasteiger partial charge in [0, 0.05) is 11.3 Å². The number of hydrogen-bond donors (Lipinski definition) is 1. The highest BCUT2D eigenvalue weighted by atomic mass is 16.1. The molecule has 2 aromatic rings. The minimum absolute atomic E-state index is 0.0521. The van der Waals surface area contributed by atoms with Crippen LogP contribution in [0.4, 0.5) is 5.69 Å². The number of aryl methyl sites for hydroxylation is 1. The number of allylic oxidation sites excluding steroid dienone is 1. The standard InChI is InChI=1S/C18H17NO2/c1-13-7-11-16(12-8-13)19-18(21)17-6-4-3-5-15(17)10-9-14(2)20/h3-12H,1-2H3,(H,19,21)/b10-9+. The number of rotatable bonds is 4. The Labute approximate surface area is 124 Å². The number of benzene rings is 2. The van der Waals surface area contributed by atoms with Crippen molar-refractivity contribution in [3.63, 3.8) is 0 Å². The first kappa shape index (κ1) is 14.7. The van der Waals surface area contributed by atoms with Crippen molar-refractivity contribution in [3.8, 4) is 0 Å². The second kappa shape index (κ2) is 6.66. The van der Waals surface area contributed by atoms with E-state index in [1.54, 1.807) is 18.2 Å². The molecule has 0 aromatic heterocycles. The molecule has 0 saturated heterocycles. The first-order chi connectivity index (χ1) is 10.1. The first-order valence-corrected chi connectivity index (χ1v) is 6.72. The Morgan fingerprint density at radius 3 is 2.33 bits per heavy atom. The summed E-state index contributed by atoms with van der Waals surface area (Å²) in [5.41, 5.74) is 3.14. The molecule has 2 rings (SSSR count). The average Bonchev–Trinajstić information content (AvgIpc) is 2.47. The average molecular weight is 279 g/mol. The lowest BCUT2D eigenvalue weighted by atomic mass is 10.1. The molecule has 3 heteroatoms. The second-order valence-electron chi connectivity index (χ2n) is 4.85. The lowest BCUT2D eigenvalue weighted by molar-refractivity contribution is -0.112. The Hall–Kier alpha value is -2.68. The summed E-state index contributed by atoms with van der Waals surface area (Å²) >= 11 is 0. The number of ketones is 1. The van der Waals surface area contributed by atoms with Gasteiger partial charge in [-0.1, -0.05) is 42.0 Å². The van der Waals surface area contributed by atoms with Gasteiger partial charge in [-0.3, -0.25) is 9.59 Å². The van der Waals surface area contributed by atoms with Gasteiger partial charge in [0.05, 0.1) is 0 Å². The van der Waals surface area contributed by atoms with E-state index in [0.717, 1.165) is 16.8 Å². The summed E-state index contributed by atoms with van der Waals surface area (Å²) in [6.45, 7) is 3.47. The summed E-state index contributed by atoms with van der Waals surface area (Å²) < 4.78 is 0. The Morgan fingerprint density at radius 2 is 1.67 bits per heavy atom. The van der Waals surface area contributed by atoms with Crippen LogP contribution in [0.2, 0.25) is 0 Å². The maximum absolute atomic E-state index is 12.3. The summed E-state index contributed by atoms with van der Waals surface area (Å²) in [6.07, 6.45) is 3.12. The maximum atomic E-state index is 12.3. The monoisotopic (exact) mass is 279 g/mol. The van der Waals surface area contributed by atoms with E-state index < -0.39 is 0 Å². The molecule has 0 heterocycles. The molecular formula is C18H17NO2. The molecule has 0 aliphatic carbocycles. The van der Waals surface area contributed by atoms with Crippen molar-refractivity contribution in [2.24, 2.45) is 0 Å². The van der Waals surface area contributed by atoms with Gasteiger partial charge >= 0.3 is 0 Å². The van der Waals surface area contributed by atoms with Gasteiger partial charge in [0.15, 0.2) is 5.78 Å². The molecule has 21 heavy (non-hydrogen) atoms. The van der Waals surface area contributed by atoms with Crippen molar-refractivity contribution in [2.75, 3.05) is 5.32 Å². The third-order valence-corrected chi connectivity index (χ3v) is 3.01. The van der Waals surface area contributed by atoms with Gasteiger partial charge in [-0.15, -0.1) is 0 Å². The summed E-state index contributed by atoms with van der Waals surface area (Å²) in [5.74, 6) is -0.244. The molecule has 0 atom stereocenters. The van der Waals surface area contributed by atoms with Crippen molar-refractivity contribution in [1.29, 1.82) is 0 Å². The van der Waals surface area contributed by atoms with Crippen LogP contribution in [-0.2, 0) is 4.79 Å². The smallest absolute Gasteiger partial charge is 0.256 e. The highest BCUT2D eigenvalue weighted by Gasteiger charge is 2.09. The predicted octanol–water partition coefficient (Wildman–Crippen LogP) is 3.85. The molecule has 2 aromatic carbocycles. The maximum Gasteiger partial charge on any atom is 0.256 e. The van der Waals surface area contributed by atoms with Crippen molar-refractivity contribution in [1.82, 2.24) is 0 Å². The number of carbonyl (C=O) groups is 2. The van der Waals surface area contributed by atoms with Crippen LogP contribution >= 0.6 is 0 Å². The topological polar surface area (TPSA) is 46.2 Å². The molecule has 0 spiro atoms. The lowest BCUT2D eigenvalue weighted by Crippen LogP contribution is -2.13. The van der Waals surface area contributed by atoms with Gasteiger partial charge in [-0.2, -0.15) is 0 Å². The lowest BCUT2D eigenvalue weighted by Gasteiger charge is -2.08. The number of hydrogen-bond acceptors (Lipinski definition) is 2. The van der Waals surface area contributed by atoms with Gasteiger partial charge in [-0.25, -0.2) is 0 Å². The van der Waals surface area contributed by atoms with Crippen LogP contribution in [0.1, 0.15) is 28.4 Å². The van der Waals surface area contributed by atoms with Gasteiger partial charge < -0.3 is 5.32 Å². The molecule has 0 saturated carbocycles. The van der Waals surface area contributed by atoms with Crippen LogP contribution in [-0.4, -0.2) is 11.7 Å². The molecule has 0 aliphatic heterocycles. The fourth-order valence-electron chi connectivity index (χ4n) is 1.89. The second-order valence-corrected chi connectivity index (χ2v) is 4.85. The van der Waals surface area contributed by atoms with E-state index in [-0.39, 0.29) is 11.7 Å². The summed E-state index contributed by atoms with van der Waals surface area (Å²) in [6, 6.07) is 14.8. The first-order valence-electron chi connectivity index (χ1n) is 6.72. The van der Waals surface area contributed by atoms with Crippen molar-refractivity contribution in [2.45, 2.75) is 13.8 Å².